The molecule has 1 N–H and O–H groups in total. The molecule has 0 spiro atoms. The standard InChI is InChI=1S/C27H27NO5/c1-31-27(30)21-13-11-19(12-14-21)16-22(26(29)28-17-23-8-5-15-32-23)18-33-25-10-4-7-20-6-2-3-9-24(20)25/h2-4,6-7,9-14,16,23H,5,8,15,17-18H2,1H3,(H,28,29)/b22-16+. The summed E-state index contributed by atoms with van der Waals surface area (Å²) in [5, 5.41) is 5.03. The van der Waals surface area contributed by atoms with Crippen molar-refractivity contribution in [3.8, 4) is 5.75 Å². The van der Waals surface area contributed by atoms with E-state index in [2.05, 4.69) is 5.32 Å². The molecule has 0 bridgehead atoms. The number of esters is 1. The summed E-state index contributed by atoms with van der Waals surface area (Å²) >= 11 is 0. The van der Waals surface area contributed by atoms with Gasteiger partial charge >= 0.3 is 5.97 Å². The molecular formula is C27H27NO5. The maximum Gasteiger partial charge on any atom is 0.337 e. The lowest BCUT2D eigenvalue weighted by atomic mass is 10.1. The van der Waals surface area contributed by atoms with Gasteiger partial charge < -0.3 is 19.5 Å². The lowest BCUT2D eigenvalue weighted by Crippen LogP contribution is -2.34. The molecule has 1 saturated heterocycles. The Hall–Kier alpha value is -3.64. The van der Waals surface area contributed by atoms with Crippen LogP contribution in [0.4, 0.5) is 0 Å². The molecule has 1 heterocycles. The molecule has 33 heavy (non-hydrogen) atoms. The van der Waals surface area contributed by atoms with Gasteiger partial charge in [-0.05, 0) is 48.1 Å². The SMILES string of the molecule is COC(=O)c1ccc(/C=C(\COc2cccc3ccccc23)C(=O)NCC2CCCO2)cc1. The highest BCUT2D eigenvalue weighted by atomic mass is 16.5. The van der Waals surface area contributed by atoms with E-state index < -0.39 is 5.97 Å². The van der Waals surface area contributed by atoms with Crippen LogP contribution in [0.15, 0.2) is 72.3 Å². The van der Waals surface area contributed by atoms with Crippen molar-refractivity contribution in [2.24, 2.45) is 0 Å². The zero-order valence-electron chi connectivity index (χ0n) is 18.6. The maximum atomic E-state index is 13.0. The molecular weight excluding hydrogens is 418 g/mol. The number of amides is 1. The van der Waals surface area contributed by atoms with Crippen LogP contribution in [0, 0.1) is 0 Å². The Morgan fingerprint density at radius 3 is 2.61 bits per heavy atom. The van der Waals surface area contributed by atoms with Gasteiger partial charge in [-0.1, -0.05) is 48.5 Å². The van der Waals surface area contributed by atoms with Gasteiger partial charge in [-0.3, -0.25) is 4.79 Å². The maximum absolute atomic E-state index is 13.0. The number of rotatable bonds is 8. The van der Waals surface area contributed by atoms with Crippen molar-refractivity contribution in [1.29, 1.82) is 0 Å². The van der Waals surface area contributed by atoms with Gasteiger partial charge in [0.25, 0.3) is 5.91 Å². The summed E-state index contributed by atoms with van der Waals surface area (Å²) in [6.45, 7) is 1.30. The van der Waals surface area contributed by atoms with E-state index in [1.54, 1.807) is 30.3 Å². The summed E-state index contributed by atoms with van der Waals surface area (Å²) < 4.78 is 16.5. The van der Waals surface area contributed by atoms with E-state index in [9.17, 15) is 9.59 Å². The first-order valence-electron chi connectivity index (χ1n) is 11.0. The van der Waals surface area contributed by atoms with Gasteiger partial charge in [-0.15, -0.1) is 0 Å². The van der Waals surface area contributed by atoms with Crippen molar-refractivity contribution < 1.29 is 23.8 Å². The largest absolute Gasteiger partial charge is 0.488 e. The minimum absolute atomic E-state index is 0.0496. The smallest absolute Gasteiger partial charge is 0.337 e. The molecule has 4 rings (SSSR count). The van der Waals surface area contributed by atoms with Crippen LogP contribution in [0.1, 0.15) is 28.8 Å². The molecule has 3 aromatic rings. The zero-order valence-corrected chi connectivity index (χ0v) is 18.6. The highest BCUT2D eigenvalue weighted by Gasteiger charge is 2.18. The van der Waals surface area contributed by atoms with Gasteiger partial charge in [0.15, 0.2) is 0 Å². The molecule has 3 aromatic carbocycles. The third-order valence-corrected chi connectivity index (χ3v) is 5.61. The Morgan fingerprint density at radius 1 is 1.06 bits per heavy atom. The summed E-state index contributed by atoms with van der Waals surface area (Å²) in [6, 6.07) is 20.7. The monoisotopic (exact) mass is 445 g/mol. The molecule has 1 fully saturated rings. The fourth-order valence-electron chi connectivity index (χ4n) is 3.81. The Bertz CT molecular complexity index is 1140. The van der Waals surface area contributed by atoms with Crippen LogP contribution in [0.5, 0.6) is 5.75 Å². The number of fused-ring (bicyclic) bond motifs is 1. The van der Waals surface area contributed by atoms with Crippen LogP contribution in [0.2, 0.25) is 0 Å². The van der Waals surface area contributed by atoms with Crippen molar-refractivity contribution in [2.45, 2.75) is 18.9 Å². The van der Waals surface area contributed by atoms with Crippen LogP contribution < -0.4 is 10.1 Å². The average molecular weight is 446 g/mol. The second-order valence-electron chi connectivity index (χ2n) is 7.89. The number of nitrogens with one attached hydrogen (secondary N) is 1. The van der Waals surface area contributed by atoms with E-state index >= 15 is 0 Å². The lowest BCUT2D eigenvalue weighted by molar-refractivity contribution is -0.118. The second kappa shape index (κ2) is 10.8. The van der Waals surface area contributed by atoms with Gasteiger partial charge in [0.2, 0.25) is 0 Å². The van der Waals surface area contributed by atoms with Gasteiger partial charge in [0.1, 0.15) is 12.4 Å². The molecule has 1 aliphatic heterocycles. The highest BCUT2D eigenvalue weighted by Crippen LogP contribution is 2.26. The van der Waals surface area contributed by atoms with E-state index in [1.165, 1.54) is 7.11 Å². The van der Waals surface area contributed by atoms with E-state index in [0.29, 0.717) is 23.4 Å². The second-order valence-corrected chi connectivity index (χ2v) is 7.89. The molecule has 0 aliphatic carbocycles. The van der Waals surface area contributed by atoms with Crippen LogP contribution in [-0.2, 0) is 14.3 Å². The third kappa shape index (κ3) is 5.79. The zero-order chi connectivity index (χ0) is 23.0. The number of ether oxygens (including phenoxy) is 3. The number of methoxy groups -OCH3 is 1. The van der Waals surface area contributed by atoms with Crippen LogP contribution in [-0.4, -0.2) is 44.8 Å². The number of hydrogen-bond donors (Lipinski definition) is 1. The van der Waals surface area contributed by atoms with Crippen molar-refractivity contribution in [2.75, 3.05) is 26.9 Å². The first-order valence-corrected chi connectivity index (χ1v) is 11.0. The average Bonchev–Trinajstić information content (AvgIpc) is 3.38. The molecule has 0 saturated carbocycles. The molecule has 1 aliphatic rings. The van der Waals surface area contributed by atoms with Gasteiger partial charge in [0.05, 0.1) is 24.4 Å². The first kappa shape index (κ1) is 22.6. The van der Waals surface area contributed by atoms with E-state index in [0.717, 1.165) is 35.8 Å². The van der Waals surface area contributed by atoms with Crippen molar-refractivity contribution >= 4 is 28.7 Å². The molecule has 0 radical (unpaired) electrons. The summed E-state index contributed by atoms with van der Waals surface area (Å²) in [6.07, 6.45) is 3.78. The van der Waals surface area contributed by atoms with Crippen LogP contribution in [0.25, 0.3) is 16.8 Å². The summed E-state index contributed by atoms with van der Waals surface area (Å²) in [4.78, 5) is 24.7. The molecule has 170 valence electrons. The minimum Gasteiger partial charge on any atom is -0.488 e. The Balaban J connectivity index is 1.54. The van der Waals surface area contributed by atoms with Gasteiger partial charge in [-0.25, -0.2) is 4.79 Å². The summed E-state index contributed by atoms with van der Waals surface area (Å²) in [7, 11) is 1.34. The number of carbonyl (C=O) groups excluding carboxylic acids is 2. The predicted molar refractivity (Wildman–Crippen MR) is 127 cm³/mol. The molecule has 6 nitrogen and oxygen atoms in total. The molecule has 1 atom stereocenters. The third-order valence-electron chi connectivity index (χ3n) is 5.61. The Kier molecular flexibility index (Phi) is 7.37. The van der Waals surface area contributed by atoms with Crippen molar-refractivity contribution in [3.63, 3.8) is 0 Å². The normalized spacial score (nSPS) is 15.9. The first-order chi connectivity index (χ1) is 16.1. The molecule has 0 aromatic heterocycles. The number of hydrogen-bond acceptors (Lipinski definition) is 5. The highest BCUT2D eigenvalue weighted by molar-refractivity contribution is 5.98. The van der Waals surface area contributed by atoms with Crippen LogP contribution >= 0.6 is 0 Å². The topological polar surface area (TPSA) is 73.9 Å². The molecule has 1 amide bonds. The van der Waals surface area contributed by atoms with Crippen molar-refractivity contribution in [1.82, 2.24) is 5.32 Å². The number of benzene rings is 3. The predicted octanol–water partition coefficient (Wildman–Crippen LogP) is 4.38. The van der Waals surface area contributed by atoms with Gasteiger partial charge in [-0.2, -0.15) is 0 Å². The fourth-order valence-corrected chi connectivity index (χ4v) is 3.81. The van der Waals surface area contributed by atoms with E-state index in [4.69, 9.17) is 14.2 Å². The van der Waals surface area contributed by atoms with Crippen LogP contribution in [0.3, 0.4) is 0 Å². The quantitative estimate of drug-likeness (QED) is 0.411. The lowest BCUT2D eigenvalue weighted by Gasteiger charge is -2.15. The Morgan fingerprint density at radius 2 is 1.85 bits per heavy atom. The van der Waals surface area contributed by atoms with Gasteiger partial charge in [0, 0.05) is 18.5 Å². The number of carbonyl (C=O) groups is 2. The fraction of sp³-hybridized carbons (Fsp3) is 0.259. The minimum atomic E-state index is -0.403. The van der Waals surface area contributed by atoms with E-state index in [1.807, 2.05) is 42.5 Å². The van der Waals surface area contributed by atoms with E-state index in [-0.39, 0.29) is 18.6 Å². The molecule has 6 heteroatoms. The summed E-state index contributed by atoms with van der Waals surface area (Å²) in [5.74, 6) is 0.106. The summed E-state index contributed by atoms with van der Waals surface area (Å²) in [5.41, 5.74) is 1.71. The van der Waals surface area contributed by atoms with Crippen molar-refractivity contribution in [3.05, 3.63) is 83.4 Å². The molecule has 1 unspecified atom stereocenters. The Labute approximate surface area is 193 Å².